The number of carbonyl (C=O) groups excluding carboxylic acids is 1. The monoisotopic (exact) mass is 463 g/mol. The van der Waals surface area contributed by atoms with Crippen LogP contribution in [0.2, 0.25) is 0 Å². The van der Waals surface area contributed by atoms with E-state index in [-0.39, 0.29) is 23.6 Å². The number of nitrogens with zero attached hydrogens (tertiary/aromatic N) is 3. The maximum Gasteiger partial charge on any atom is 0.288 e. The van der Waals surface area contributed by atoms with Crippen LogP contribution in [-0.2, 0) is 6.54 Å². The van der Waals surface area contributed by atoms with Crippen molar-refractivity contribution >= 4 is 28.8 Å². The third-order valence-corrected chi connectivity index (χ3v) is 6.36. The zero-order valence-electron chi connectivity index (χ0n) is 18.2. The maximum absolute atomic E-state index is 13.2. The van der Waals surface area contributed by atoms with Crippen molar-refractivity contribution in [2.45, 2.75) is 25.4 Å². The number of nitrogens with one attached hydrogen (secondary N) is 2. The number of thiazole rings is 1. The fourth-order valence-corrected chi connectivity index (χ4v) is 4.50. The lowest BCUT2D eigenvalue weighted by atomic mass is 10.0. The lowest BCUT2D eigenvalue weighted by Crippen LogP contribution is -2.49. The molecule has 0 aliphatic carbocycles. The van der Waals surface area contributed by atoms with Gasteiger partial charge in [0.05, 0.1) is 0 Å². The standard InChI is InChI=1S/C25H26FN5OS/c26-20-6-8-21(9-7-20)28-13-10-23(27)31(25(32)24-29-14-17-33-24)22-11-15-30(16-12-22)18-19-4-2-1-3-5-19/h1-10,13-14,17,22,27-28H,11-12,15-16,18H2/b13-10-,27-23?. The molecule has 33 heavy (non-hydrogen) atoms. The van der Waals surface area contributed by atoms with Crippen molar-refractivity contribution in [1.29, 1.82) is 5.41 Å². The van der Waals surface area contributed by atoms with Crippen LogP contribution < -0.4 is 5.32 Å². The highest BCUT2D eigenvalue weighted by atomic mass is 32.1. The van der Waals surface area contributed by atoms with E-state index < -0.39 is 0 Å². The molecule has 0 atom stereocenters. The van der Waals surface area contributed by atoms with Gasteiger partial charge in [-0.15, -0.1) is 11.3 Å². The van der Waals surface area contributed by atoms with Crippen LogP contribution >= 0.6 is 11.3 Å². The molecular formula is C25H26FN5OS. The van der Waals surface area contributed by atoms with Gasteiger partial charge in [0.15, 0.2) is 5.01 Å². The summed E-state index contributed by atoms with van der Waals surface area (Å²) in [5.74, 6) is -0.453. The number of carbonyl (C=O) groups is 1. The highest BCUT2D eigenvalue weighted by molar-refractivity contribution is 7.11. The van der Waals surface area contributed by atoms with Crippen molar-refractivity contribution in [2.24, 2.45) is 0 Å². The van der Waals surface area contributed by atoms with Crippen LogP contribution in [0.5, 0.6) is 0 Å². The number of halogens is 1. The molecule has 0 bridgehead atoms. The zero-order valence-corrected chi connectivity index (χ0v) is 19.0. The third-order valence-electron chi connectivity index (χ3n) is 5.60. The smallest absolute Gasteiger partial charge is 0.288 e. The first kappa shape index (κ1) is 22.8. The predicted octanol–water partition coefficient (Wildman–Crippen LogP) is 4.99. The van der Waals surface area contributed by atoms with Crippen LogP contribution in [0.15, 0.2) is 78.5 Å². The van der Waals surface area contributed by atoms with Crippen molar-refractivity contribution in [2.75, 3.05) is 18.4 Å². The van der Waals surface area contributed by atoms with Gasteiger partial charge in [0.2, 0.25) is 0 Å². The molecule has 0 radical (unpaired) electrons. The van der Waals surface area contributed by atoms with E-state index in [0.29, 0.717) is 10.7 Å². The second-order valence-electron chi connectivity index (χ2n) is 7.88. The number of amides is 1. The van der Waals surface area contributed by atoms with E-state index >= 15 is 0 Å². The molecule has 1 aliphatic heterocycles. The Kier molecular flexibility index (Phi) is 7.59. The largest absolute Gasteiger partial charge is 0.362 e. The second kappa shape index (κ2) is 11.0. The molecule has 0 spiro atoms. The lowest BCUT2D eigenvalue weighted by molar-refractivity contribution is 0.0729. The highest BCUT2D eigenvalue weighted by Crippen LogP contribution is 2.22. The molecule has 2 aromatic carbocycles. The van der Waals surface area contributed by atoms with Gasteiger partial charge in [0.25, 0.3) is 5.91 Å². The summed E-state index contributed by atoms with van der Waals surface area (Å²) >= 11 is 1.28. The Labute approximate surface area is 196 Å². The van der Waals surface area contributed by atoms with Gasteiger partial charge >= 0.3 is 0 Å². The van der Waals surface area contributed by atoms with Crippen molar-refractivity contribution in [3.63, 3.8) is 0 Å². The van der Waals surface area contributed by atoms with Gasteiger partial charge in [-0.2, -0.15) is 0 Å². The lowest BCUT2D eigenvalue weighted by Gasteiger charge is -2.37. The second-order valence-corrected chi connectivity index (χ2v) is 8.77. The van der Waals surface area contributed by atoms with E-state index in [1.165, 1.54) is 29.0 Å². The summed E-state index contributed by atoms with van der Waals surface area (Å²) < 4.78 is 13.1. The van der Waals surface area contributed by atoms with Crippen molar-refractivity contribution in [1.82, 2.24) is 14.8 Å². The number of piperidine rings is 1. The zero-order chi connectivity index (χ0) is 23.0. The summed E-state index contributed by atoms with van der Waals surface area (Å²) in [4.78, 5) is 21.3. The van der Waals surface area contributed by atoms with Gasteiger partial charge < -0.3 is 5.32 Å². The Balaban J connectivity index is 1.42. The molecule has 1 aliphatic rings. The van der Waals surface area contributed by atoms with Gasteiger partial charge in [0.1, 0.15) is 11.7 Å². The van der Waals surface area contributed by atoms with Crippen molar-refractivity contribution < 1.29 is 9.18 Å². The molecule has 2 heterocycles. The summed E-state index contributed by atoms with van der Waals surface area (Å²) in [6.07, 6.45) is 6.33. The van der Waals surface area contributed by atoms with Crippen LogP contribution in [-0.4, -0.2) is 45.7 Å². The molecule has 6 nitrogen and oxygen atoms in total. The number of amidine groups is 1. The van der Waals surface area contributed by atoms with E-state index in [1.54, 1.807) is 40.9 Å². The average molecular weight is 464 g/mol. The fraction of sp³-hybridized carbons (Fsp3) is 0.240. The number of rotatable bonds is 7. The molecule has 8 heteroatoms. The number of hydrogen-bond donors (Lipinski definition) is 2. The van der Waals surface area contributed by atoms with Crippen molar-refractivity contribution in [3.05, 3.63) is 94.8 Å². The Morgan fingerprint density at radius 1 is 1.18 bits per heavy atom. The number of anilines is 1. The van der Waals surface area contributed by atoms with Gasteiger partial charge in [-0.1, -0.05) is 30.3 Å². The maximum atomic E-state index is 13.2. The quantitative estimate of drug-likeness (QED) is 0.382. The molecule has 4 rings (SSSR count). The highest BCUT2D eigenvalue weighted by Gasteiger charge is 2.31. The minimum atomic E-state index is -0.309. The van der Waals surface area contributed by atoms with E-state index in [0.717, 1.165) is 32.5 Å². The van der Waals surface area contributed by atoms with Gasteiger partial charge in [0, 0.05) is 49.1 Å². The minimum absolute atomic E-state index is 0.0728. The molecule has 1 fully saturated rings. The topological polar surface area (TPSA) is 72.3 Å². The Bertz CT molecular complexity index is 1080. The molecule has 0 unspecified atom stereocenters. The fourth-order valence-electron chi connectivity index (χ4n) is 3.92. The summed E-state index contributed by atoms with van der Waals surface area (Å²) in [6.45, 7) is 2.59. The van der Waals surface area contributed by atoms with E-state index in [4.69, 9.17) is 5.41 Å². The Morgan fingerprint density at radius 2 is 1.91 bits per heavy atom. The molecule has 1 saturated heterocycles. The average Bonchev–Trinajstić information content (AvgIpc) is 3.37. The van der Waals surface area contributed by atoms with Crippen LogP contribution in [0.3, 0.4) is 0 Å². The normalized spacial score (nSPS) is 14.9. The van der Waals surface area contributed by atoms with Gasteiger partial charge in [-0.25, -0.2) is 9.37 Å². The third kappa shape index (κ3) is 6.12. The van der Waals surface area contributed by atoms with Crippen LogP contribution in [0.1, 0.15) is 28.2 Å². The van der Waals surface area contributed by atoms with Crippen LogP contribution in [0.4, 0.5) is 10.1 Å². The molecule has 1 amide bonds. The van der Waals surface area contributed by atoms with E-state index in [1.807, 2.05) is 18.2 Å². The first-order chi connectivity index (χ1) is 16.1. The number of benzene rings is 2. The summed E-state index contributed by atoms with van der Waals surface area (Å²) in [7, 11) is 0. The van der Waals surface area contributed by atoms with Crippen LogP contribution in [0, 0.1) is 11.2 Å². The molecular weight excluding hydrogens is 437 g/mol. The summed E-state index contributed by atoms with van der Waals surface area (Å²) in [5, 5.41) is 13.8. The summed E-state index contributed by atoms with van der Waals surface area (Å²) in [5.41, 5.74) is 1.97. The number of hydrogen-bond acceptors (Lipinski definition) is 6. The first-order valence-corrected chi connectivity index (χ1v) is 11.7. The molecule has 1 aromatic heterocycles. The van der Waals surface area contributed by atoms with Crippen LogP contribution in [0.25, 0.3) is 0 Å². The molecule has 3 aromatic rings. The minimum Gasteiger partial charge on any atom is -0.362 e. The van der Waals surface area contributed by atoms with Gasteiger partial charge in [-0.05, 0) is 48.7 Å². The van der Waals surface area contributed by atoms with Crippen molar-refractivity contribution in [3.8, 4) is 0 Å². The molecule has 2 N–H and O–H groups in total. The molecule has 0 saturated carbocycles. The first-order valence-electron chi connectivity index (χ1n) is 10.9. The molecule has 170 valence electrons. The predicted molar refractivity (Wildman–Crippen MR) is 130 cm³/mol. The van der Waals surface area contributed by atoms with E-state index in [9.17, 15) is 9.18 Å². The van der Waals surface area contributed by atoms with Gasteiger partial charge in [-0.3, -0.25) is 20.0 Å². The Hall–Kier alpha value is -3.36. The number of aromatic nitrogens is 1. The SMILES string of the molecule is N=C(/C=C\Nc1ccc(F)cc1)N(C(=O)c1nccs1)C1CCN(Cc2ccccc2)CC1. The van der Waals surface area contributed by atoms with E-state index in [2.05, 4.69) is 27.3 Å². The summed E-state index contributed by atoms with van der Waals surface area (Å²) in [6, 6.07) is 16.2. The number of likely N-dealkylation sites (tertiary alicyclic amines) is 1. The Morgan fingerprint density at radius 3 is 2.58 bits per heavy atom.